The molecular formula is C22H33N3O3. The lowest BCUT2D eigenvalue weighted by Gasteiger charge is -2.39. The molecule has 1 atom stereocenters. The molecule has 0 spiro atoms. The average molecular weight is 388 g/mol. The van der Waals surface area contributed by atoms with Crippen molar-refractivity contribution in [3.63, 3.8) is 0 Å². The van der Waals surface area contributed by atoms with Gasteiger partial charge in [0.15, 0.2) is 6.61 Å². The summed E-state index contributed by atoms with van der Waals surface area (Å²) in [6, 6.07) is 7.83. The maximum Gasteiger partial charge on any atom is 0.265 e. The van der Waals surface area contributed by atoms with E-state index < -0.39 is 0 Å². The molecule has 3 rings (SSSR count). The number of piperidine rings is 1. The molecular weight excluding hydrogens is 354 g/mol. The molecule has 6 nitrogen and oxygen atoms in total. The summed E-state index contributed by atoms with van der Waals surface area (Å²) in [7, 11) is 0. The van der Waals surface area contributed by atoms with Gasteiger partial charge in [-0.3, -0.25) is 14.5 Å². The highest BCUT2D eigenvalue weighted by Crippen LogP contribution is 2.31. The minimum atomic E-state index is -0.103. The summed E-state index contributed by atoms with van der Waals surface area (Å²) < 4.78 is 5.46. The smallest absolute Gasteiger partial charge is 0.265 e. The zero-order chi connectivity index (χ0) is 20.1. The largest absolute Gasteiger partial charge is 0.482 e. The molecule has 0 saturated carbocycles. The van der Waals surface area contributed by atoms with Gasteiger partial charge in [0.2, 0.25) is 5.91 Å². The van der Waals surface area contributed by atoms with E-state index in [0.717, 1.165) is 24.7 Å². The van der Waals surface area contributed by atoms with Crippen LogP contribution in [0.5, 0.6) is 5.75 Å². The highest BCUT2D eigenvalue weighted by atomic mass is 16.5. The van der Waals surface area contributed by atoms with E-state index in [1.54, 1.807) is 4.90 Å². The van der Waals surface area contributed by atoms with E-state index in [4.69, 9.17) is 4.74 Å². The first-order chi connectivity index (χ1) is 13.5. The predicted octanol–water partition coefficient (Wildman–Crippen LogP) is 2.67. The Morgan fingerprint density at radius 1 is 1.25 bits per heavy atom. The Kier molecular flexibility index (Phi) is 6.94. The molecule has 1 unspecified atom stereocenters. The summed E-state index contributed by atoms with van der Waals surface area (Å²) in [4.78, 5) is 28.9. The Balaban J connectivity index is 1.50. The van der Waals surface area contributed by atoms with Crippen LogP contribution in [0.4, 0.5) is 5.69 Å². The lowest BCUT2D eigenvalue weighted by atomic mass is 9.94. The molecule has 2 amide bonds. The fourth-order valence-electron chi connectivity index (χ4n) is 4.07. The lowest BCUT2D eigenvalue weighted by Crippen LogP contribution is -2.50. The summed E-state index contributed by atoms with van der Waals surface area (Å²) in [6.45, 7) is 10.0. The van der Waals surface area contributed by atoms with Gasteiger partial charge in [-0.1, -0.05) is 32.9 Å². The van der Waals surface area contributed by atoms with Crippen molar-refractivity contribution in [2.45, 2.75) is 46.1 Å². The molecule has 2 heterocycles. The quantitative estimate of drug-likeness (QED) is 0.781. The standard InChI is InChI=1S/C22H33N3O3/c1-16(2)19(24-11-8-17(3)9-12-24)14-23-21(26)10-13-25-18-6-4-5-7-20(18)28-15-22(25)27/h4-7,16-17,19H,8-15H2,1-3H3,(H,23,26). The molecule has 1 aromatic carbocycles. The first-order valence-electron chi connectivity index (χ1n) is 10.5. The van der Waals surface area contributed by atoms with E-state index in [2.05, 4.69) is 31.0 Å². The van der Waals surface area contributed by atoms with Gasteiger partial charge < -0.3 is 15.0 Å². The Morgan fingerprint density at radius 3 is 2.68 bits per heavy atom. The van der Waals surface area contributed by atoms with Crippen molar-refractivity contribution in [2.24, 2.45) is 11.8 Å². The number of ether oxygens (including phenoxy) is 1. The number of hydrogen-bond donors (Lipinski definition) is 1. The Bertz CT molecular complexity index is 683. The third-order valence-electron chi connectivity index (χ3n) is 5.94. The maximum atomic E-state index is 12.5. The topological polar surface area (TPSA) is 61.9 Å². The fourth-order valence-corrected chi connectivity index (χ4v) is 4.07. The number of benzene rings is 1. The molecule has 0 aromatic heterocycles. The third-order valence-corrected chi connectivity index (χ3v) is 5.94. The molecule has 1 saturated heterocycles. The number of carbonyl (C=O) groups excluding carboxylic acids is 2. The first-order valence-corrected chi connectivity index (χ1v) is 10.5. The van der Waals surface area contributed by atoms with E-state index in [9.17, 15) is 9.59 Å². The summed E-state index contributed by atoms with van der Waals surface area (Å²) in [5.74, 6) is 1.87. The van der Waals surface area contributed by atoms with Crippen molar-refractivity contribution in [3.8, 4) is 5.75 Å². The lowest BCUT2D eigenvalue weighted by molar-refractivity contribution is -0.122. The molecule has 28 heavy (non-hydrogen) atoms. The number of rotatable bonds is 7. The molecule has 2 aliphatic heterocycles. The Labute approximate surface area is 168 Å². The maximum absolute atomic E-state index is 12.5. The molecule has 1 fully saturated rings. The number of fused-ring (bicyclic) bond motifs is 1. The number of para-hydroxylation sites is 2. The van der Waals surface area contributed by atoms with Crippen LogP contribution in [-0.2, 0) is 9.59 Å². The van der Waals surface area contributed by atoms with Crippen LogP contribution < -0.4 is 15.0 Å². The third kappa shape index (κ3) is 5.04. The minimum absolute atomic E-state index is 0.00667. The molecule has 2 aliphatic rings. The van der Waals surface area contributed by atoms with Crippen molar-refractivity contribution in [3.05, 3.63) is 24.3 Å². The zero-order valence-electron chi connectivity index (χ0n) is 17.3. The van der Waals surface area contributed by atoms with Crippen LogP contribution >= 0.6 is 0 Å². The summed E-state index contributed by atoms with van der Waals surface area (Å²) in [6.07, 6.45) is 2.76. The van der Waals surface area contributed by atoms with Crippen molar-refractivity contribution in [1.82, 2.24) is 10.2 Å². The van der Waals surface area contributed by atoms with E-state index in [0.29, 0.717) is 37.2 Å². The summed E-state index contributed by atoms with van der Waals surface area (Å²) in [5.41, 5.74) is 0.744. The van der Waals surface area contributed by atoms with Crippen LogP contribution in [0.15, 0.2) is 24.3 Å². The number of likely N-dealkylation sites (tertiary alicyclic amines) is 1. The predicted molar refractivity (Wildman–Crippen MR) is 111 cm³/mol. The molecule has 0 aliphatic carbocycles. The summed E-state index contributed by atoms with van der Waals surface area (Å²) in [5, 5.41) is 3.10. The normalized spacial score (nSPS) is 19.3. The van der Waals surface area contributed by atoms with Gasteiger partial charge in [0.05, 0.1) is 5.69 Å². The van der Waals surface area contributed by atoms with Crippen LogP contribution in [0, 0.1) is 11.8 Å². The molecule has 0 bridgehead atoms. The molecule has 154 valence electrons. The minimum Gasteiger partial charge on any atom is -0.482 e. The SMILES string of the molecule is CC1CCN(C(CNC(=O)CCN2C(=O)COc3ccccc32)C(C)C)CC1. The van der Waals surface area contributed by atoms with Gasteiger partial charge in [0.1, 0.15) is 5.75 Å². The zero-order valence-corrected chi connectivity index (χ0v) is 17.3. The Morgan fingerprint density at radius 2 is 1.96 bits per heavy atom. The van der Waals surface area contributed by atoms with Crippen molar-refractivity contribution in [1.29, 1.82) is 0 Å². The van der Waals surface area contributed by atoms with Crippen LogP contribution in [-0.4, -0.2) is 55.5 Å². The molecule has 1 N–H and O–H groups in total. The van der Waals surface area contributed by atoms with Crippen LogP contribution in [0.2, 0.25) is 0 Å². The van der Waals surface area contributed by atoms with Crippen molar-refractivity contribution in [2.75, 3.05) is 37.7 Å². The van der Waals surface area contributed by atoms with E-state index in [1.807, 2.05) is 24.3 Å². The number of hydrogen-bond acceptors (Lipinski definition) is 4. The van der Waals surface area contributed by atoms with Crippen molar-refractivity contribution >= 4 is 17.5 Å². The van der Waals surface area contributed by atoms with Gasteiger partial charge in [-0.05, 0) is 49.9 Å². The summed E-state index contributed by atoms with van der Waals surface area (Å²) >= 11 is 0. The van der Waals surface area contributed by atoms with E-state index in [1.165, 1.54) is 12.8 Å². The fraction of sp³-hybridized carbons (Fsp3) is 0.636. The Hall–Kier alpha value is -2.08. The van der Waals surface area contributed by atoms with Gasteiger partial charge in [-0.15, -0.1) is 0 Å². The van der Waals surface area contributed by atoms with Gasteiger partial charge >= 0.3 is 0 Å². The van der Waals surface area contributed by atoms with E-state index in [-0.39, 0.29) is 18.4 Å². The second-order valence-corrected chi connectivity index (χ2v) is 8.39. The highest BCUT2D eigenvalue weighted by Gasteiger charge is 2.27. The highest BCUT2D eigenvalue weighted by molar-refractivity contribution is 5.98. The van der Waals surface area contributed by atoms with Gasteiger partial charge in [-0.2, -0.15) is 0 Å². The molecule has 0 radical (unpaired) electrons. The number of carbonyl (C=O) groups is 2. The van der Waals surface area contributed by atoms with Gasteiger partial charge in [0, 0.05) is 25.6 Å². The first kappa shape index (κ1) is 20.6. The van der Waals surface area contributed by atoms with Gasteiger partial charge in [-0.25, -0.2) is 0 Å². The monoisotopic (exact) mass is 387 g/mol. The van der Waals surface area contributed by atoms with Crippen LogP contribution in [0.25, 0.3) is 0 Å². The van der Waals surface area contributed by atoms with Crippen molar-refractivity contribution < 1.29 is 14.3 Å². The number of nitrogens with zero attached hydrogens (tertiary/aromatic N) is 2. The van der Waals surface area contributed by atoms with Crippen LogP contribution in [0.1, 0.15) is 40.0 Å². The number of nitrogens with one attached hydrogen (secondary N) is 1. The molecule has 6 heteroatoms. The number of anilines is 1. The molecule has 1 aromatic rings. The average Bonchev–Trinajstić information content (AvgIpc) is 2.68. The van der Waals surface area contributed by atoms with Crippen LogP contribution in [0.3, 0.4) is 0 Å². The second kappa shape index (κ2) is 9.41. The van der Waals surface area contributed by atoms with E-state index >= 15 is 0 Å². The number of amides is 2. The van der Waals surface area contributed by atoms with Gasteiger partial charge in [0.25, 0.3) is 5.91 Å². The second-order valence-electron chi connectivity index (χ2n) is 8.39.